The van der Waals surface area contributed by atoms with E-state index in [1.807, 2.05) is 11.0 Å². The summed E-state index contributed by atoms with van der Waals surface area (Å²) in [6, 6.07) is 5.38. The maximum atomic E-state index is 13.6. The number of rotatable bonds is 8. The average Bonchev–Trinajstić information content (AvgIpc) is 3.15. The highest BCUT2D eigenvalue weighted by atomic mass is 32.2. The number of amides is 2. The molecule has 0 saturated carbocycles. The van der Waals surface area contributed by atoms with Crippen molar-refractivity contribution in [2.45, 2.75) is 39.5 Å². The van der Waals surface area contributed by atoms with E-state index in [0.717, 1.165) is 25.7 Å². The number of ether oxygens (including phenoxy) is 1. The first-order valence-corrected chi connectivity index (χ1v) is 13.6. The Hall–Kier alpha value is -2.92. The molecule has 0 radical (unpaired) electrons. The van der Waals surface area contributed by atoms with Crippen LogP contribution in [0.5, 0.6) is 0 Å². The van der Waals surface area contributed by atoms with Gasteiger partial charge in [0.2, 0.25) is 0 Å². The fourth-order valence-corrected chi connectivity index (χ4v) is 5.58. The molecule has 36 heavy (non-hydrogen) atoms. The van der Waals surface area contributed by atoms with Crippen molar-refractivity contribution in [2.75, 3.05) is 44.2 Å². The van der Waals surface area contributed by atoms with Crippen LogP contribution in [0.4, 0.5) is 10.6 Å². The number of carbonyl (C=O) groups is 2. The van der Waals surface area contributed by atoms with Gasteiger partial charge in [-0.15, -0.1) is 0 Å². The van der Waals surface area contributed by atoms with Gasteiger partial charge in [0.05, 0.1) is 17.1 Å². The van der Waals surface area contributed by atoms with Crippen LogP contribution in [0.3, 0.4) is 0 Å². The topological polar surface area (TPSA) is 87.5 Å². The number of unbranched alkanes of at least 4 members (excludes halogenated alkanes) is 3. The van der Waals surface area contributed by atoms with Crippen molar-refractivity contribution in [3.8, 4) is 0 Å². The number of fused-ring (bicyclic) bond motifs is 1. The Balaban J connectivity index is 1.64. The van der Waals surface area contributed by atoms with E-state index in [9.17, 15) is 14.4 Å². The van der Waals surface area contributed by atoms with Gasteiger partial charge in [-0.25, -0.2) is 9.78 Å². The molecule has 0 aromatic carbocycles. The maximum Gasteiger partial charge on any atom is 0.409 e. The van der Waals surface area contributed by atoms with E-state index in [-0.39, 0.29) is 17.6 Å². The zero-order valence-electron chi connectivity index (χ0n) is 20.6. The van der Waals surface area contributed by atoms with Crippen LogP contribution in [-0.2, 0) is 9.53 Å². The van der Waals surface area contributed by atoms with Crippen molar-refractivity contribution < 1.29 is 14.3 Å². The van der Waals surface area contributed by atoms with Gasteiger partial charge in [-0.05, 0) is 31.6 Å². The van der Waals surface area contributed by atoms with E-state index in [1.165, 1.54) is 16.2 Å². The molecule has 2 aromatic heterocycles. The normalized spacial score (nSPS) is 17.5. The Labute approximate surface area is 220 Å². The summed E-state index contributed by atoms with van der Waals surface area (Å²) in [7, 11) is 0. The molecule has 0 atom stereocenters. The number of thioether (sulfide) groups is 1. The zero-order chi connectivity index (χ0) is 25.7. The minimum absolute atomic E-state index is 0.169. The highest BCUT2D eigenvalue weighted by molar-refractivity contribution is 8.26. The highest BCUT2D eigenvalue weighted by Crippen LogP contribution is 2.34. The van der Waals surface area contributed by atoms with Gasteiger partial charge in [-0.3, -0.25) is 18.9 Å². The quantitative estimate of drug-likeness (QED) is 0.290. The van der Waals surface area contributed by atoms with E-state index >= 15 is 0 Å². The van der Waals surface area contributed by atoms with Gasteiger partial charge in [0.15, 0.2) is 0 Å². The fraction of sp³-hybridized carbons (Fsp3) is 0.480. The van der Waals surface area contributed by atoms with Crippen molar-refractivity contribution >= 4 is 57.8 Å². The molecule has 0 aliphatic carbocycles. The van der Waals surface area contributed by atoms with Crippen LogP contribution in [0.1, 0.15) is 45.1 Å². The summed E-state index contributed by atoms with van der Waals surface area (Å²) < 4.78 is 7.11. The van der Waals surface area contributed by atoms with Crippen LogP contribution in [0.25, 0.3) is 11.7 Å². The zero-order valence-corrected chi connectivity index (χ0v) is 22.3. The molecule has 2 saturated heterocycles. The molecule has 4 rings (SSSR count). The average molecular weight is 530 g/mol. The smallest absolute Gasteiger partial charge is 0.409 e. The standard InChI is InChI=1S/C25H31N5O4S2/c1-3-5-6-8-12-30-23(32)19(36-25(30)35)17-18-21(26-20-10-7-9-11-29(20)22(18)31)27-13-15-28(16-14-27)24(33)34-4-2/h7,9-11,17H,3-6,8,12-16H2,1-2H3. The summed E-state index contributed by atoms with van der Waals surface area (Å²) in [6.07, 6.45) is 7.14. The molecule has 2 amide bonds. The van der Waals surface area contributed by atoms with Crippen molar-refractivity contribution in [3.63, 3.8) is 0 Å². The Kier molecular flexibility index (Phi) is 8.63. The largest absolute Gasteiger partial charge is 0.450 e. The van der Waals surface area contributed by atoms with E-state index in [1.54, 1.807) is 41.1 Å². The summed E-state index contributed by atoms with van der Waals surface area (Å²) in [5.74, 6) is 0.333. The van der Waals surface area contributed by atoms with Crippen LogP contribution in [-0.4, -0.2) is 74.8 Å². The molecule has 2 aromatic rings. The molecule has 11 heteroatoms. The second-order valence-electron chi connectivity index (χ2n) is 8.65. The van der Waals surface area contributed by atoms with E-state index < -0.39 is 0 Å². The van der Waals surface area contributed by atoms with Crippen molar-refractivity contribution in [2.24, 2.45) is 0 Å². The van der Waals surface area contributed by atoms with Gasteiger partial charge in [0, 0.05) is 38.9 Å². The van der Waals surface area contributed by atoms with Gasteiger partial charge < -0.3 is 14.5 Å². The lowest BCUT2D eigenvalue weighted by Crippen LogP contribution is -2.49. The van der Waals surface area contributed by atoms with Crippen molar-refractivity contribution in [1.29, 1.82) is 0 Å². The lowest BCUT2D eigenvalue weighted by molar-refractivity contribution is -0.122. The third-order valence-electron chi connectivity index (χ3n) is 6.24. The van der Waals surface area contributed by atoms with Gasteiger partial charge in [-0.1, -0.05) is 56.2 Å². The minimum Gasteiger partial charge on any atom is -0.450 e. The fourth-order valence-electron chi connectivity index (χ4n) is 4.29. The third kappa shape index (κ3) is 5.57. The summed E-state index contributed by atoms with van der Waals surface area (Å²) in [4.78, 5) is 49.3. The molecule has 2 fully saturated rings. The molecule has 0 N–H and O–H groups in total. The number of nitrogens with zero attached hydrogens (tertiary/aromatic N) is 5. The highest BCUT2D eigenvalue weighted by Gasteiger charge is 2.33. The first kappa shape index (κ1) is 26.2. The lowest BCUT2D eigenvalue weighted by atomic mass is 10.2. The van der Waals surface area contributed by atoms with Crippen molar-refractivity contribution in [3.05, 3.63) is 45.2 Å². The van der Waals surface area contributed by atoms with Crippen LogP contribution in [0, 0.1) is 0 Å². The molecule has 0 unspecified atom stereocenters. The Morgan fingerprint density at radius 2 is 1.92 bits per heavy atom. The molecule has 0 bridgehead atoms. The third-order valence-corrected chi connectivity index (χ3v) is 7.62. The number of hydrogen-bond donors (Lipinski definition) is 0. The summed E-state index contributed by atoms with van der Waals surface area (Å²) in [6.45, 7) is 6.72. The number of aromatic nitrogens is 2. The molecule has 192 valence electrons. The molecule has 4 heterocycles. The van der Waals surface area contributed by atoms with E-state index in [2.05, 4.69) is 6.92 Å². The molecular formula is C25H31N5O4S2. The molecule has 2 aliphatic rings. The van der Waals surface area contributed by atoms with Gasteiger partial charge in [-0.2, -0.15) is 0 Å². The number of piperazine rings is 1. The Morgan fingerprint density at radius 1 is 1.14 bits per heavy atom. The maximum absolute atomic E-state index is 13.6. The monoisotopic (exact) mass is 529 g/mol. The van der Waals surface area contributed by atoms with Crippen LogP contribution >= 0.6 is 24.0 Å². The number of anilines is 1. The van der Waals surface area contributed by atoms with Crippen molar-refractivity contribution in [1.82, 2.24) is 19.2 Å². The van der Waals surface area contributed by atoms with Crippen LogP contribution in [0.2, 0.25) is 0 Å². The first-order valence-electron chi connectivity index (χ1n) is 12.4. The molecule has 2 aliphatic heterocycles. The van der Waals surface area contributed by atoms with Crippen LogP contribution in [0.15, 0.2) is 34.1 Å². The second-order valence-corrected chi connectivity index (χ2v) is 10.3. The SMILES string of the molecule is CCCCCCN1C(=O)C(=Cc2c(N3CCN(C(=O)OCC)CC3)nc3ccccn3c2=O)SC1=S. The first-order chi connectivity index (χ1) is 17.4. The molecular weight excluding hydrogens is 498 g/mol. The van der Waals surface area contributed by atoms with Crippen LogP contribution < -0.4 is 10.5 Å². The minimum atomic E-state index is -0.341. The number of pyridine rings is 1. The van der Waals surface area contributed by atoms with Gasteiger partial charge in [0.25, 0.3) is 11.5 Å². The molecule has 0 spiro atoms. The van der Waals surface area contributed by atoms with E-state index in [0.29, 0.717) is 65.6 Å². The summed E-state index contributed by atoms with van der Waals surface area (Å²) >= 11 is 6.71. The summed E-state index contributed by atoms with van der Waals surface area (Å²) in [5.41, 5.74) is 0.609. The molecule has 9 nitrogen and oxygen atoms in total. The Morgan fingerprint density at radius 3 is 2.64 bits per heavy atom. The predicted octanol–water partition coefficient (Wildman–Crippen LogP) is 3.75. The van der Waals surface area contributed by atoms with E-state index in [4.69, 9.17) is 21.9 Å². The lowest BCUT2D eigenvalue weighted by Gasteiger charge is -2.35. The number of hydrogen-bond acceptors (Lipinski definition) is 8. The predicted molar refractivity (Wildman–Crippen MR) is 146 cm³/mol. The summed E-state index contributed by atoms with van der Waals surface area (Å²) in [5, 5.41) is 0. The second kappa shape index (κ2) is 11.9. The van der Waals surface area contributed by atoms with Gasteiger partial charge in [0.1, 0.15) is 15.8 Å². The Bertz CT molecular complexity index is 1240. The number of carbonyl (C=O) groups excluding carboxylic acids is 2. The number of thiocarbonyl (C=S) groups is 1. The van der Waals surface area contributed by atoms with Gasteiger partial charge >= 0.3 is 6.09 Å².